The number of anilines is 1. The molecule has 0 aromatic heterocycles. The molecule has 1 aromatic rings. The van der Waals surface area contributed by atoms with Crippen molar-refractivity contribution in [2.45, 2.75) is 13.0 Å². The summed E-state index contributed by atoms with van der Waals surface area (Å²) in [6.07, 6.45) is 0. The lowest BCUT2D eigenvalue weighted by Gasteiger charge is -2.21. The van der Waals surface area contributed by atoms with Crippen LogP contribution in [0.3, 0.4) is 0 Å². The lowest BCUT2D eigenvalue weighted by atomic mass is 10.2. The molecule has 0 bridgehead atoms. The normalized spacial score (nSPS) is 12.2. The Labute approximate surface area is 102 Å². The molecule has 0 spiro atoms. The van der Waals surface area contributed by atoms with Crippen LogP contribution in [0, 0.1) is 11.3 Å². The van der Waals surface area contributed by atoms with Crippen LogP contribution in [0.25, 0.3) is 0 Å². The van der Waals surface area contributed by atoms with Crippen LogP contribution in [0.2, 0.25) is 5.02 Å². The minimum absolute atomic E-state index is 0.405. The molecule has 0 saturated heterocycles. The van der Waals surface area contributed by atoms with Gasteiger partial charge in [-0.2, -0.15) is 5.26 Å². The summed E-state index contributed by atoms with van der Waals surface area (Å²) in [5.41, 5.74) is 1.42. The van der Waals surface area contributed by atoms with Crippen molar-refractivity contribution in [3.05, 3.63) is 28.8 Å². The topological polar surface area (TPSA) is 39.1 Å². The third kappa shape index (κ3) is 3.41. The van der Waals surface area contributed by atoms with E-state index in [9.17, 15) is 0 Å². The number of hydrogen-bond acceptors (Lipinski definition) is 3. The van der Waals surface area contributed by atoms with E-state index in [2.05, 4.69) is 23.2 Å². The molecule has 0 fully saturated rings. The summed E-state index contributed by atoms with van der Waals surface area (Å²) >= 11 is 5.82. The van der Waals surface area contributed by atoms with E-state index in [0.29, 0.717) is 16.6 Å². The Morgan fingerprint density at radius 3 is 2.75 bits per heavy atom. The summed E-state index contributed by atoms with van der Waals surface area (Å²) in [6.45, 7) is 2.91. The average molecular weight is 238 g/mol. The first-order valence-electron chi connectivity index (χ1n) is 5.14. The third-order valence-corrected chi connectivity index (χ3v) is 2.81. The molecule has 0 radical (unpaired) electrons. The number of benzene rings is 1. The van der Waals surface area contributed by atoms with Gasteiger partial charge in [0.2, 0.25) is 0 Å². The van der Waals surface area contributed by atoms with Crippen LogP contribution < -0.4 is 5.32 Å². The predicted molar refractivity (Wildman–Crippen MR) is 67.8 cm³/mol. The van der Waals surface area contributed by atoms with E-state index in [0.717, 1.165) is 12.2 Å². The number of hydrogen-bond donors (Lipinski definition) is 1. The standard InChI is InChI=1S/C12H16ClN3/c1-9(16(2)3)8-15-12-5-4-11(13)6-10(12)7-14/h4-6,9,15H,8H2,1-3H3. The quantitative estimate of drug-likeness (QED) is 0.875. The van der Waals surface area contributed by atoms with Gasteiger partial charge in [0.05, 0.1) is 11.3 Å². The first-order valence-corrected chi connectivity index (χ1v) is 5.52. The van der Waals surface area contributed by atoms with Gasteiger partial charge in [0.1, 0.15) is 6.07 Å². The fourth-order valence-corrected chi connectivity index (χ4v) is 1.38. The first kappa shape index (κ1) is 12.8. The van der Waals surface area contributed by atoms with Gasteiger partial charge in [-0.3, -0.25) is 0 Å². The fourth-order valence-electron chi connectivity index (χ4n) is 1.20. The van der Waals surface area contributed by atoms with Crippen molar-refractivity contribution >= 4 is 17.3 Å². The molecule has 1 N–H and O–H groups in total. The molecule has 1 aromatic carbocycles. The maximum Gasteiger partial charge on any atom is 0.101 e. The lowest BCUT2D eigenvalue weighted by Crippen LogP contribution is -2.31. The zero-order valence-electron chi connectivity index (χ0n) is 9.79. The number of nitrogens with zero attached hydrogens (tertiary/aromatic N) is 2. The number of likely N-dealkylation sites (N-methyl/N-ethyl adjacent to an activating group) is 1. The highest BCUT2D eigenvalue weighted by atomic mass is 35.5. The largest absolute Gasteiger partial charge is 0.382 e. The van der Waals surface area contributed by atoms with Gasteiger partial charge >= 0.3 is 0 Å². The second-order valence-electron chi connectivity index (χ2n) is 4.00. The van der Waals surface area contributed by atoms with Gasteiger partial charge in [0.25, 0.3) is 0 Å². The molecule has 0 aliphatic carbocycles. The van der Waals surface area contributed by atoms with Crippen LogP contribution in [0.1, 0.15) is 12.5 Å². The summed E-state index contributed by atoms with van der Waals surface area (Å²) in [5, 5.41) is 12.8. The maximum atomic E-state index is 8.96. The zero-order chi connectivity index (χ0) is 12.1. The molecule has 0 saturated carbocycles. The van der Waals surface area contributed by atoms with E-state index in [-0.39, 0.29) is 0 Å². The third-order valence-electron chi connectivity index (χ3n) is 2.57. The van der Waals surface area contributed by atoms with Crippen molar-refractivity contribution in [1.82, 2.24) is 4.90 Å². The van der Waals surface area contributed by atoms with E-state index in [1.165, 1.54) is 0 Å². The second-order valence-corrected chi connectivity index (χ2v) is 4.43. The Hall–Kier alpha value is -1.24. The Bertz CT molecular complexity index is 396. The number of halogens is 1. The molecule has 0 aliphatic rings. The van der Waals surface area contributed by atoms with Gasteiger partial charge in [0.15, 0.2) is 0 Å². The molecule has 0 amide bonds. The number of nitrogens with one attached hydrogen (secondary N) is 1. The van der Waals surface area contributed by atoms with Crippen LogP contribution in [0.4, 0.5) is 5.69 Å². The van der Waals surface area contributed by atoms with Crippen molar-refractivity contribution < 1.29 is 0 Å². The average Bonchev–Trinajstić information content (AvgIpc) is 2.26. The van der Waals surface area contributed by atoms with E-state index in [1.807, 2.05) is 20.2 Å². The molecule has 1 rings (SSSR count). The van der Waals surface area contributed by atoms with Gasteiger partial charge in [-0.05, 0) is 39.2 Å². The Morgan fingerprint density at radius 2 is 2.19 bits per heavy atom. The summed E-state index contributed by atoms with van der Waals surface area (Å²) < 4.78 is 0. The lowest BCUT2D eigenvalue weighted by molar-refractivity contribution is 0.326. The Morgan fingerprint density at radius 1 is 1.50 bits per heavy atom. The van der Waals surface area contributed by atoms with E-state index in [1.54, 1.807) is 12.1 Å². The zero-order valence-corrected chi connectivity index (χ0v) is 10.5. The second kappa shape index (κ2) is 5.74. The van der Waals surface area contributed by atoms with Crippen molar-refractivity contribution in [2.75, 3.05) is 26.0 Å². The molecule has 0 heterocycles. The van der Waals surface area contributed by atoms with Gasteiger partial charge in [-0.15, -0.1) is 0 Å². The Kier molecular flexibility index (Phi) is 4.60. The SMILES string of the molecule is CC(CNc1ccc(Cl)cc1C#N)N(C)C. The van der Waals surface area contributed by atoms with Crippen LogP contribution in [-0.4, -0.2) is 31.6 Å². The van der Waals surface area contributed by atoms with Crippen LogP contribution in [-0.2, 0) is 0 Å². The highest BCUT2D eigenvalue weighted by Gasteiger charge is 2.06. The van der Waals surface area contributed by atoms with Gasteiger partial charge in [-0.25, -0.2) is 0 Å². The molecule has 4 heteroatoms. The smallest absolute Gasteiger partial charge is 0.101 e. The van der Waals surface area contributed by atoms with Gasteiger partial charge in [0, 0.05) is 17.6 Å². The Balaban J connectivity index is 2.71. The number of nitriles is 1. The highest BCUT2D eigenvalue weighted by molar-refractivity contribution is 6.30. The summed E-state index contributed by atoms with van der Waals surface area (Å²) in [4.78, 5) is 2.12. The minimum Gasteiger partial charge on any atom is -0.382 e. The van der Waals surface area contributed by atoms with E-state index >= 15 is 0 Å². The monoisotopic (exact) mass is 237 g/mol. The van der Waals surface area contributed by atoms with Crippen LogP contribution in [0.15, 0.2) is 18.2 Å². The highest BCUT2D eigenvalue weighted by Crippen LogP contribution is 2.19. The molecule has 16 heavy (non-hydrogen) atoms. The molecule has 3 nitrogen and oxygen atoms in total. The first-order chi connectivity index (χ1) is 7.54. The van der Waals surface area contributed by atoms with Crippen LogP contribution in [0.5, 0.6) is 0 Å². The molecule has 1 unspecified atom stereocenters. The summed E-state index contributed by atoms with van der Waals surface area (Å²) in [6, 6.07) is 7.82. The minimum atomic E-state index is 0.405. The van der Waals surface area contributed by atoms with Gasteiger partial charge < -0.3 is 10.2 Å². The van der Waals surface area contributed by atoms with E-state index in [4.69, 9.17) is 16.9 Å². The maximum absolute atomic E-state index is 8.96. The molecule has 86 valence electrons. The number of rotatable bonds is 4. The summed E-state index contributed by atoms with van der Waals surface area (Å²) in [5.74, 6) is 0. The van der Waals surface area contributed by atoms with Crippen molar-refractivity contribution in [3.8, 4) is 6.07 Å². The van der Waals surface area contributed by atoms with Crippen molar-refractivity contribution in [3.63, 3.8) is 0 Å². The molecular weight excluding hydrogens is 222 g/mol. The van der Waals surface area contributed by atoms with Crippen molar-refractivity contribution in [1.29, 1.82) is 5.26 Å². The molecule has 1 atom stereocenters. The molecular formula is C12H16ClN3. The van der Waals surface area contributed by atoms with Crippen molar-refractivity contribution in [2.24, 2.45) is 0 Å². The van der Waals surface area contributed by atoms with E-state index < -0.39 is 0 Å². The van der Waals surface area contributed by atoms with Gasteiger partial charge in [-0.1, -0.05) is 11.6 Å². The van der Waals surface area contributed by atoms with Crippen LogP contribution >= 0.6 is 11.6 Å². The fraction of sp³-hybridized carbons (Fsp3) is 0.417. The summed E-state index contributed by atoms with van der Waals surface area (Å²) in [7, 11) is 4.05. The molecule has 0 aliphatic heterocycles. The predicted octanol–water partition coefficient (Wildman–Crippen LogP) is 2.57.